The van der Waals surface area contributed by atoms with E-state index in [0.29, 0.717) is 16.3 Å². The van der Waals surface area contributed by atoms with Crippen molar-refractivity contribution in [1.82, 2.24) is 4.98 Å². The maximum Gasteiger partial charge on any atom is 0.124 e. The predicted molar refractivity (Wildman–Crippen MR) is 60.8 cm³/mol. The highest BCUT2D eigenvalue weighted by Gasteiger charge is 2.07. The van der Waals surface area contributed by atoms with Crippen molar-refractivity contribution in [1.29, 1.82) is 0 Å². The highest BCUT2D eigenvalue weighted by Crippen LogP contribution is 2.26. The third-order valence-corrected chi connectivity index (χ3v) is 2.64. The first kappa shape index (κ1) is 10.4. The van der Waals surface area contributed by atoms with Crippen LogP contribution in [0.25, 0.3) is 10.9 Å². The number of fused-ring (bicyclic) bond motifs is 1. The summed E-state index contributed by atoms with van der Waals surface area (Å²) in [5, 5.41) is 1.23. The molecule has 0 atom stereocenters. The first-order chi connectivity index (χ1) is 7.08. The Morgan fingerprint density at radius 3 is 2.67 bits per heavy atom. The van der Waals surface area contributed by atoms with Gasteiger partial charge < -0.3 is 0 Å². The largest absolute Gasteiger partial charge is 0.252 e. The SMILES string of the molecule is CC(C)c1cc(Cl)c2cc(F)ccc2n1. The van der Waals surface area contributed by atoms with Gasteiger partial charge in [-0.3, -0.25) is 4.98 Å². The smallest absolute Gasteiger partial charge is 0.124 e. The maximum absolute atomic E-state index is 13.0. The normalized spacial score (nSPS) is 11.3. The van der Waals surface area contributed by atoms with Gasteiger partial charge in [-0.05, 0) is 30.2 Å². The van der Waals surface area contributed by atoms with E-state index in [-0.39, 0.29) is 5.82 Å². The second-order valence-electron chi connectivity index (χ2n) is 3.85. The number of rotatable bonds is 1. The monoisotopic (exact) mass is 223 g/mol. The van der Waals surface area contributed by atoms with E-state index in [1.54, 1.807) is 12.1 Å². The minimum absolute atomic E-state index is 0.288. The van der Waals surface area contributed by atoms with Crippen LogP contribution in [0.15, 0.2) is 24.3 Å². The van der Waals surface area contributed by atoms with Crippen LogP contribution in [0.4, 0.5) is 4.39 Å². The Morgan fingerprint density at radius 1 is 1.27 bits per heavy atom. The molecule has 0 aliphatic heterocycles. The van der Waals surface area contributed by atoms with Crippen molar-refractivity contribution >= 4 is 22.5 Å². The van der Waals surface area contributed by atoms with Gasteiger partial charge in [-0.15, -0.1) is 0 Å². The summed E-state index contributed by atoms with van der Waals surface area (Å²) in [4.78, 5) is 4.43. The Morgan fingerprint density at radius 2 is 2.00 bits per heavy atom. The first-order valence-electron chi connectivity index (χ1n) is 4.83. The number of pyridine rings is 1. The molecule has 15 heavy (non-hydrogen) atoms. The van der Waals surface area contributed by atoms with E-state index in [0.717, 1.165) is 11.2 Å². The van der Waals surface area contributed by atoms with Crippen molar-refractivity contribution < 1.29 is 4.39 Å². The fourth-order valence-electron chi connectivity index (χ4n) is 1.47. The van der Waals surface area contributed by atoms with Gasteiger partial charge in [-0.2, -0.15) is 0 Å². The van der Waals surface area contributed by atoms with E-state index in [1.165, 1.54) is 12.1 Å². The van der Waals surface area contributed by atoms with Crippen LogP contribution in [0.2, 0.25) is 5.02 Å². The van der Waals surface area contributed by atoms with Gasteiger partial charge in [0.05, 0.1) is 10.5 Å². The maximum atomic E-state index is 13.0. The van der Waals surface area contributed by atoms with Crippen molar-refractivity contribution in [2.24, 2.45) is 0 Å². The van der Waals surface area contributed by atoms with Crippen molar-refractivity contribution in [3.05, 3.63) is 40.8 Å². The molecule has 0 N–H and O–H groups in total. The predicted octanol–water partition coefficient (Wildman–Crippen LogP) is 4.15. The average molecular weight is 224 g/mol. The Hall–Kier alpha value is -1.15. The van der Waals surface area contributed by atoms with Gasteiger partial charge in [0, 0.05) is 11.1 Å². The highest BCUT2D eigenvalue weighted by atomic mass is 35.5. The Balaban J connectivity index is 2.73. The van der Waals surface area contributed by atoms with Crippen molar-refractivity contribution in [3.8, 4) is 0 Å². The van der Waals surface area contributed by atoms with E-state index >= 15 is 0 Å². The van der Waals surface area contributed by atoms with Crippen LogP contribution in [0.3, 0.4) is 0 Å². The third-order valence-electron chi connectivity index (χ3n) is 2.33. The molecule has 0 amide bonds. The lowest BCUT2D eigenvalue weighted by Gasteiger charge is -2.07. The quantitative estimate of drug-likeness (QED) is 0.708. The van der Waals surface area contributed by atoms with Crippen molar-refractivity contribution in [3.63, 3.8) is 0 Å². The van der Waals surface area contributed by atoms with E-state index in [4.69, 9.17) is 11.6 Å². The van der Waals surface area contributed by atoms with E-state index < -0.39 is 0 Å². The molecule has 0 unspecified atom stereocenters. The number of hydrogen-bond donors (Lipinski definition) is 0. The number of hydrogen-bond acceptors (Lipinski definition) is 1. The second kappa shape index (κ2) is 3.78. The molecule has 0 fully saturated rings. The zero-order chi connectivity index (χ0) is 11.0. The van der Waals surface area contributed by atoms with Crippen LogP contribution in [-0.2, 0) is 0 Å². The van der Waals surface area contributed by atoms with E-state index in [9.17, 15) is 4.39 Å². The number of nitrogens with zero attached hydrogens (tertiary/aromatic N) is 1. The van der Waals surface area contributed by atoms with Crippen LogP contribution < -0.4 is 0 Å². The van der Waals surface area contributed by atoms with Crippen LogP contribution in [0.5, 0.6) is 0 Å². The Labute approximate surface area is 92.9 Å². The van der Waals surface area contributed by atoms with Crippen LogP contribution >= 0.6 is 11.6 Å². The summed E-state index contributed by atoms with van der Waals surface area (Å²) < 4.78 is 13.0. The molecule has 3 heteroatoms. The second-order valence-corrected chi connectivity index (χ2v) is 4.25. The van der Waals surface area contributed by atoms with E-state index in [2.05, 4.69) is 4.98 Å². The molecule has 0 spiro atoms. The van der Waals surface area contributed by atoms with Gasteiger partial charge in [0.1, 0.15) is 5.82 Å². The lowest BCUT2D eigenvalue weighted by molar-refractivity contribution is 0.629. The Bertz CT molecular complexity index is 508. The summed E-state index contributed by atoms with van der Waals surface area (Å²) in [7, 11) is 0. The van der Waals surface area contributed by atoms with Gasteiger partial charge in [0.2, 0.25) is 0 Å². The zero-order valence-electron chi connectivity index (χ0n) is 8.59. The minimum atomic E-state index is -0.288. The van der Waals surface area contributed by atoms with E-state index in [1.807, 2.05) is 13.8 Å². The molecule has 78 valence electrons. The average Bonchev–Trinajstić information content (AvgIpc) is 2.18. The molecular weight excluding hydrogens is 213 g/mol. The molecule has 1 aromatic heterocycles. The lowest BCUT2D eigenvalue weighted by Crippen LogP contribution is -1.93. The minimum Gasteiger partial charge on any atom is -0.252 e. The molecule has 1 nitrogen and oxygen atoms in total. The van der Waals surface area contributed by atoms with Crippen LogP contribution in [0.1, 0.15) is 25.5 Å². The van der Waals surface area contributed by atoms with Gasteiger partial charge in [0.15, 0.2) is 0 Å². The summed E-state index contributed by atoms with van der Waals surface area (Å²) >= 11 is 6.07. The number of halogens is 2. The molecule has 2 aromatic rings. The summed E-state index contributed by atoms with van der Waals surface area (Å²) in [6.45, 7) is 4.10. The first-order valence-corrected chi connectivity index (χ1v) is 5.21. The number of benzene rings is 1. The fraction of sp³-hybridized carbons (Fsp3) is 0.250. The van der Waals surface area contributed by atoms with Crippen molar-refractivity contribution in [2.45, 2.75) is 19.8 Å². The highest BCUT2D eigenvalue weighted by molar-refractivity contribution is 6.35. The summed E-state index contributed by atoms with van der Waals surface area (Å²) in [5.74, 6) is 0.0282. The summed E-state index contributed by atoms with van der Waals surface area (Å²) in [6, 6.07) is 6.26. The van der Waals surface area contributed by atoms with Gasteiger partial charge in [0.25, 0.3) is 0 Å². The van der Waals surface area contributed by atoms with Crippen LogP contribution in [0, 0.1) is 5.82 Å². The molecule has 1 heterocycles. The molecule has 1 aromatic carbocycles. The molecule has 0 saturated carbocycles. The zero-order valence-corrected chi connectivity index (χ0v) is 9.35. The van der Waals surface area contributed by atoms with Gasteiger partial charge in [-0.25, -0.2) is 4.39 Å². The standard InChI is InChI=1S/C12H11ClFN/c1-7(2)12-6-10(13)9-5-8(14)3-4-11(9)15-12/h3-7H,1-2H3. The molecular formula is C12H11ClFN. The van der Waals surface area contributed by atoms with Gasteiger partial charge >= 0.3 is 0 Å². The molecule has 0 bridgehead atoms. The topological polar surface area (TPSA) is 12.9 Å². The van der Waals surface area contributed by atoms with Gasteiger partial charge in [-0.1, -0.05) is 25.4 Å². The Kier molecular flexibility index (Phi) is 2.61. The summed E-state index contributed by atoms with van der Waals surface area (Å²) in [5.41, 5.74) is 1.67. The van der Waals surface area contributed by atoms with Crippen molar-refractivity contribution in [2.75, 3.05) is 0 Å². The van der Waals surface area contributed by atoms with Crippen LogP contribution in [-0.4, -0.2) is 4.98 Å². The fourth-order valence-corrected chi connectivity index (χ4v) is 1.73. The molecule has 2 rings (SSSR count). The summed E-state index contributed by atoms with van der Waals surface area (Å²) in [6.07, 6.45) is 0. The third kappa shape index (κ3) is 1.95. The molecule has 0 aliphatic rings. The lowest BCUT2D eigenvalue weighted by atomic mass is 10.1. The molecule has 0 radical (unpaired) electrons. The molecule has 0 saturated heterocycles. The number of aromatic nitrogens is 1. The molecule has 0 aliphatic carbocycles.